The largest absolute Gasteiger partial charge is 0.508 e. The van der Waals surface area contributed by atoms with Gasteiger partial charge in [-0.25, -0.2) is 4.79 Å². The molecule has 0 aliphatic carbocycles. The summed E-state index contributed by atoms with van der Waals surface area (Å²) in [6.45, 7) is 4.33. The van der Waals surface area contributed by atoms with E-state index < -0.39 is 0 Å². The lowest BCUT2D eigenvalue weighted by atomic mass is 10.1. The average molecular weight is 264 g/mol. The zero-order valence-corrected chi connectivity index (χ0v) is 11.4. The molecule has 0 saturated carbocycles. The second-order valence-electron chi connectivity index (χ2n) is 4.73. The number of phenols is 1. The Balaban J connectivity index is 2.08. The van der Waals surface area contributed by atoms with Crippen LogP contribution in [-0.4, -0.2) is 54.3 Å². The maximum Gasteiger partial charge on any atom is 0.320 e. The van der Waals surface area contributed by atoms with E-state index in [-0.39, 0.29) is 17.8 Å². The highest BCUT2D eigenvalue weighted by molar-refractivity contribution is 5.75. The summed E-state index contributed by atoms with van der Waals surface area (Å²) in [5, 5.41) is 9.85. The predicted octanol–water partition coefficient (Wildman–Crippen LogP) is 1.84. The number of hydrogen-bond donors (Lipinski definition) is 1. The minimum atomic E-state index is -0.170. The van der Waals surface area contributed by atoms with E-state index in [4.69, 9.17) is 4.74 Å². The Hall–Kier alpha value is -1.75. The third-order valence-corrected chi connectivity index (χ3v) is 3.55. The van der Waals surface area contributed by atoms with Gasteiger partial charge in [0.05, 0.1) is 19.3 Å². The van der Waals surface area contributed by atoms with Crippen molar-refractivity contribution in [3.63, 3.8) is 0 Å². The summed E-state index contributed by atoms with van der Waals surface area (Å²) in [4.78, 5) is 15.8. The van der Waals surface area contributed by atoms with Crippen LogP contribution in [-0.2, 0) is 4.74 Å². The maximum atomic E-state index is 12.3. The van der Waals surface area contributed by atoms with Crippen molar-refractivity contribution in [3.8, 4) is 5.75 Å². The summed E-state index contributed by atoms with van der Waals surface area (Å²) in [5.41, 5.74) is 0.756. The number of hydrogen-bond acceptors (Lipinski definition) is 3. The first-order chi connectivity index (χ1) is 9.11. The van der Waals surface area contributed by atoms with Crippen LogP contribution in [0.4, 0.5) is 4.79 Å². The molecule has 1 aromatic carbocycles. The van der Waals surface area contributed by atoms with E-state index in [1.807, 2.05) is 19.1 Å². The number of phenolic OH excluding ortho intramolecular Hbond substituents is 1. The maximum absolute atomic E-state index is 12.3. The van der Waals surface area contributed by atoms with Crippen molar-refractivity contribution in [3.05, 3.63) is 29.8 Å². The molecule has 19 heavy (non-hydrogen) atoms. The van der Waals surface area contributed by atoms with Crippen LogP contribution < -0.4 is 0 Å². The van der Waals surface area contributed by atoms with Gasteiger partial charge < -0.3 is 19.6 Å². The van der Waals surface area contributed by atoms with Gasteiger partial charge in [0, 0.05) is 25.7 Å². The molecular formula is C14H20N2O3. The molecule has 1 saturated heterocycles. The topological polar surface area (TPSA) is 53.0 Å². The summed E-state index contributed by atoms with van der Waals surface area (Å²) < 4.78 is 5.24. The highest BCUT2D eigenvalue weighted by Crippen LogP contribution is 2.27. The first-order valence-corrected chi connectivity index (χ1v) is 6.48. The van der Waals surface area contributed by atoms with E-state index in [0.717, 1.165) is 5.56 Å². The number of carbonyl (C=O) groups is 1. The second-order valence-corrected chi connectivity index (χ2v) is 4.73. The molecule has 2 amide bonds. The SMILES string of the molecule is CC(c1ccccc1O)N(C)C(=O)N1CCOCC1. The minimum absolute atomic E-state index is 0.0287. The molecule has 1 unspecified atom stereocenters. The van der Waals surface area contributed by atoms with Gasteiger partial charge in [-0.3, -0.25) is 0 Å². The Morgan fingerprint density at radius 2 is 2.00 bits per heavy atom. The van der Waals surface area contributed by atoms with Crippen molar-refractivity contribution in [2.24, 2.45) is 0 Å². The molecule has 1 aliphatic rings. The van der Waals surface area contributed by atoms with E-state index in [2.05, 4.69) is 0 Å². The van der Waals surface area contributed by atoms with Crippen LogP contribution in [0, 0.1) is 0 Å². The third-order valence-electron chi connectivity index (χ3n) is 3.55. The first-order valence-electron chi connectivity index (χ1n) is 6.48. The predicted molar refractivity (Wildman–Crippen MR) is 72.1 cm³/mol. The number of ether oxygens (including phenoxy) is 1. The van der Waals surface area contributed by atoms with Gasteiger partial charge in [-0.15, -0.1) is 0 Å². The molecule has 1 N–H and O–H groups in total. The van der Waals surface area contributed by atoms with E-state index >= 15 is 0 Å². The van der Waals surface area contributed by atoms with Crippen LogP contribution >= 0.6 is 0 Å². The lowest BCUT2D eigenvalue weighted by molar-refractivity contribution is 0.0425. The van der Waals surface area contributed by atoms with Gasteiger partial charge in [0.2, 0.25) is 0 Å². The number of para-hydroxylation sites is 1. The van der Waals surface area contributed by atoms with Gasteiger partial charge in [-0.2, -0.15) is 0 Å². The lowest BCUT2D eigenvalue weighted by Crippen LogP contribution is -2.47. The molecule has 1 aromatic rings. The highest BCUT2D eigenvalue weighted by atomic mass is 16.5. The van der Waals surface area contributed by atoms with Crippen LogP contribution in [0.5, 0.6) is 5.75 Å². The van der Waals surface area contributed by atoms with Crippen LogP contribution in [0.1, 0.15) is 18.5 Å². The lowest BCUT2D eigenvalue weighted by Gasteiger charge is -2.34. The van der Waals surface area contributed by atoms with E-state index in [9.17, 15) is 9.90 Å². The van der Waals surface area contributed by atoms with Gasteiger partial charge >= 0.3 is 6.03 Å². The smallest absolute Gasteiger partial charge is 0.320 e. The number of nitrogens with zero attached hydrogens (tertiary/aromatic N) is 2. The fourth-order valence-electron chi connectivity index (χ4n) is 2.19. The Morgan fingerprint density at radius 3 is 2.63 bits per heavy atom. The van der Waals surface area contributed by atoms with Crippen LogP contribution in [0.2, 0.25) is 0 Å². The Labute approximate surface area is 113 Å². The van der Waals surface area contributed by atoms with E-state index in [1.54, 1.807) is 29.0 Å². The number of benzene rings is 1. The molecule has 1 aliphatic heterocycles. The number of aromatic hydroxyl groups is 1. The van der Waals surface area contributed by atoms with Crippen molar-refractivity contribution in [1.82, 2.24) is 9.80 Å². The molecular weight excluding hydrogens is 244 g/mol. The fraction of sp³-hybridized carbons (Fsp3) is 0.500. The zero-order valence-electron chi connectivity index (χ0n) is 11.4. The third kappa shape index (κ3) is 2.98. The molecule has 0 spiro atoms. The van der Waals surface area contributed by atoms with Crippen LogP contribution in [0.15, 0.2) is 24.3 Å². The molecule has 0 bridgehead atoms. The number of carbonyl (C=O) groups excluding carboxylic acids is 1. The Bertz CT molecular complexity index is 444. The summed E-state index contributed by atoms with van der Waals surface area (Å²) in [6.07, 6.45) is 0. The normalized spacial score (nSPS) is 17.1. The molecule has 2 rings (SSSR count). The second kappa shape index (κ2) is 5.93. The number of urea groups is 1. The van der Waals surface area contributed by atoms with Gasteiger partial charge in [0.15, 0.2) is 0 Å². The number of morpholine rings is 1. The molecule has 1 atom stereocenters. The number of amides is 2. The first kappa shape index (κ1) is 13.7. The van der Waals surface area contributed by atoms with Crippen LogP contribution in [0.25, 0.3) is 0 Å². The molecule has 0 radical (unpaired) electrons. The summed E-state index contributed by atoms with van der Waals surface area (Å²) in [6, 6.07) is 6.91. The monoisotopic (exact) mass is 264 g/mol. The Morgan fingerprint density at radius 1 is 1.37 bits per heavy atom. The van der Waals surface area contributed by atoms with Crippen molar-refractivity contribution in [2.45, 2.75) is 13.0 Å². The van der Waals surface area contributed by atoms with Crippen molar-refractivity contribution < 1.29 is 14.6 Å². The van der Waals surface area contributed by atoms with Crippen molar-refractivity contribution >= 4 is 6.03 Å². The van der Waals surface area contributed by atoms with Gasteiger partial charge in [0.1, 0.15) is 5.75 Å². The summed E-state index contributed by atoms with van der Waals surface area (Å²) in [5.74, 6) is 0.219. The van der Waals surface area contributed by atoms with Gasteiger partial charge in [-0.1, -0.05) is 18.2 Å². The molecule has 1 heterocycles. The number of rotatable bonds is 2. The molecule has 104 valence electrons. The fourth-order valence-corrected chi connectivity index (χ4v) is 2.19. The highest BCUT2D eigenvalue weighted by Gasteiger charge is 2.25. The molecule has 1 fully saturated rings. The van der Waals surface area contributed by atoms with Crippen molar-refractivity contribution in [2.75, 3.05) is 33.4 Å². The molecule has 5 nitrogen and oxygen atoms in total. The van der Waals surface area contributed by atoms with Crippen LogP contribution in [0.3, 0.4) is 0 Å². The van der Waals surface area contributed by atoms with Gasteiger partial charge in [-0.05, 0) is 13.0 Å². The standard InChI is InChI=1S/C14H20N2O3/c1-11(12-5-3-4-6-13(12)17)15(2)14(18)16-7-9-19-10-8-16/h3-6,11,17H,7-10H2,1-2H3. The zero-order chi connectivity index (χ0) is 13.8. The quantitative estimate of drug-likeness (QED) is 0.886. The Kier molecular flexibility index (Phi) is 4.27. The summed E-state index contributed by atoms with van der Waals surface area (Å²) >= 11 is 0. The van der Waals surface area contributed by atoms with E-state index in [0.29, 0.717) is 26.3 Å². The average Bonchev–Trinajstić information content (AvgIpc) is 2.46. The minimum Gasteiger partial charge on any atom is -0.508 e. The summed E-state index contributed by atoms with van der Waals surface area (Å²) in [7, 11) is 1.76. The van der Waals surface area contributed by atoms with Crippen molar-refractivity contribution in [1.29, 1.82) is 0 Å². The molecule has 5 heteroatoms. The van der Waals surface area contributed by atoms with Gasteiger partial charge in [0.25, 0.3) is 0 Å². The molecule has 0 aromatic heterocycles. The van der Waals surface area contributed by atoms with E-state index in [1.165, 1.54) is 0 Å².